The first-order chi connectivity index (χ1) is 5.09. The van der Waals surface area contributed by atoms with E-state index in [1.54, 1.807) is 12.1 Å². The molecular formula is C8H9Br. The van der Waals surface area contributed by atoms with Gasteiger partial charge in [-0.15, -0.1) is 0 Å². The third kappa shape index (κ3) is 1.83. The fraction of sp³-hybridized carbons (Fsp3) is 0.250. The maximum atomic E-state index is 7.33. The first kappa shape index (κ1) is 4.51. The molecule has 1 heteroatoms. The van der Waals surface area contributed by atoms with Crippen LogP contribution < -0.4 is 0 Å². The summed E-state index contributed by atoms with van der Waals surface area (Å²) in [5, 5.41) is 0. The molecule has 0 saturated carbocycles. The van der Waals surface area contributed by atoms with Gasteiger partial charge in [-0.1, -0.05) is 46.2 Å². The van der Waals surface area contributed by atoms with Gasteiger partial charge in [-0.3, -0.25) is 0 Å². The number of rotatable bonds is 1. The van der Waals surface area contributed by atoms with E-state index < -0.39 is 0 Å². The van der Waals surface area contributed by atoms with Crippen LogP contribution in [0, 0.1) is 0 Å². The number of hydrogen-bond donors (Lipinski definition) is 0. The zero-order chi connectivity index (χ0) is 8.43. The van der Waals surface area contributed by atoms with E-state index in [1.165, 1.54) is 6.07 Å². The summed E-state index contributed by atoms with van der Waals surface area (Å²) in [5.41, 5.74) is 0.988. The van der Waals surface area contributed by atoms with Crippen molar-refractivity contribution in [1.29, 1.82) is 0 Å². The molecule has 1 aromatic rings. The third-order valence-electron chi connectivity index (χ3n) is 1.13. The highest BCUT2D eigenvalue weighted by molar-refractivity contribution is 9.09. The maximum absolute atomic E-state index is 7.33. The van der Waals surface area contributed by atoms with Gasteiger partial charge in [-0.2, -0.15) is 0 Å². The Hall–Kier alpha value is -0.300. The Balaban J connectivity index is 3.08. The Bertz CT molecular complexity index is 238. The Morgan fingerprint density at radius 2 is 2.11 bits per heavy atom. The van der Waals surface area contributed by atoms with Gasteiger partial charge in [0.05, 0.1) is 2.74 Å². The van der Waals surface area contributed by atoms with Crippen LogP contribution in [0.15, 0.2) is 30.3 Å². The standard InChI is InChI=1S/C8H9Br/c1-7(9)8-5-3-2-4-6-8/h2-7H,1H3/i3T,4T. The van der Waals surface area contributed by atoms with Crippen LogP contribution in [0.5, 0.6) is 0 Å². The van der Waals surface area contributed by atoms with Crippen LogP contribution in [-0.4, -0.2) is 0 Å². The van der Waals surface area contributed by atoms with E-state index in [0.717, 1.165) is 5.56 Å². The second-order valence-electron chi connectivity index (χ2n) is 1.88. The predicted octanol–water partition coefficient (Wildman–Crippen LogP) is 3.14. The first-order valence-electron chi connectivity index (χ1n) is 3.82. The molecule has 1 aromatic carbocycles. The van der Waals surface area contributed by atoms with Gasteiger partial charge in [-0.25, -0.2) is 0 Å². The number of alkyl halides is 1. The lowest BCUT2D eigenvalue weighted by Crippen LogP contribution is -1.79. The second-order valence-corrected chi connectivity index (χ2v) is 3.26. The van der Waals surface area contributed by atoms with Crippen molar-refractivity contribution in [2.45, 2.75) is 11.8 Å². The predicted molar refractivity (Wildman–Crippen MR) is 43.8 cm³/mol. The molecule has 1 unspecified atom stereocenters. The number of halogens is 1. The van der Waals surface area contributed by atoms with Crippen molar-refractivity contribution in [3.8, 4) is 0 Å². The Kier molecular flexibility index (Phi) is 1.51. The van der Waals surface area contributed by atoms with Gasteiger partial charge in [0.1, 0.15) is 0 Å². The molecular weight excluding hydrogens is 176 g/mol. The molecule has 48 valence electrons. The Labute approximate surface area is 66.8 Å². The summed E-state index contributed by atoms with van der Waals surface area (Å²) < 4.78 is 14.7. The molecule has 0 heterocycles. The lowest BCUT2D eigenvalue weighted by molar-refractivity contribution is 1.12. The van der Waals surface area contributed by atoms with E-state index in [0.29, 0.717) is 12.1 Å². The molecule has 9 heavy (non-hydrogen) atoms. The number of hydrogen-bond acceptors (Lipinski definition) is 0. The normalized spacial score (nSPS) is 16.2. The summed E-state index contributed by atoms with van der Waals surface area (Å²) in [6.07, 6.45) is 0. The van der Waals surface area contributed by atoms with Gasteiger partial charge in [0.25, 0.3) is 0 Å². The van der Waals surface area contributed by atoms with Crippen LogP contribution in [0.3, 0.4) is 0 Å². The topological polar surface area (TPSA) is 0 Å². The average Bonchev–Trinajstić information content (AvgIpc) is 1.85. The van der Waals surface area contributed by atoms with E-state index in [9.17, 15) is 0 Å². The van der Waals surface area contributed by atoms with Crippen LogP contribution >= 0.6 is 15.9 Å². The van der Waals surface area contributed by atoms with Gasteiger partial charge >= 0.3 is 0 Å². The van der Waals surface area contributed by atoms with Gasteiger partial charge in [0.15, 0.2) is 0 Å². The third-order valence-corrected chi connectivity index (χ3v) is 1.65. The summed E-state index contributed by atoms with van der Waals surface area (Å²) in [4.78, 5) is 0.219. The van der Waals surface area contributed by atoms with Crippen molar-refractivity contribution < 1.29 is 2.74 Å². The fourth-order valence-corrected chi connectivity index (χ4v) is 0.860. The van der Waals surface area contributed by atoms with Gasteiger partial charge < -0.3 is 0 Å². The molecule has 1 atom stereocenters. The van der Waals surface area contributed by atoms with Gasteiger partial charge in [0, 0.05) is 4.83 Å². The minimum absolute atomic E-state index is 0.219. The van der Waals surface area contributed by atoms with Crippen molar-refractivity contribution in [2.24, 2.45) is 0 Å². The average molecular weight is 189 g/mol. The van der Waals surface area contributed by atoms with Crippen LogP contribution in [0.4, 0.5) is 0 Å². The molecule has 0 amide bonds. The summed E-state index contributed by atoms with van der Waals surface area (Å²) in [7, 11) is 0. The zero-order valence-corrected chi connectivity index (χ0v) is 6.77. The Morgan fingerprint density at radius 1 is 1.56 bits per heavy atom. The second kappa shape index (κ2) is 3.02. The molecule has 0 fully saturated rings. The highest BCUT2D eigenvalue weighted by Gasteiger charge is 1.95. The number of benzene rings is 1. The van der Waals surface area contributed by atoms with E-state index in [4.69, 9.17) is 2.74 Å². The van der Waals surface area contributed by atoms with E-state index in [2.05, 4.69) is 15.9 Å². The van der Waals surface area contributed by atoms with Crippen molar-refractivity contribution in [3.63, 3.8) is 0 Å². The summed E-state index contributed by atoms with van der Waals surface area (Å²) in [6.45, 7) is 1.98. The lowest BCUT2D eigenvalue weighted by Gasteiger charge is -1.99. The monoisotopic (exact) mass is 188 g/mol. The summed E-state index contributed by atoms with van der Waals surface area (Å²) in [6, 6.07) is 5.85. The van der Waals surface area contributed by atoms with E-state index in [1.807, 2.05) is 6.92 Å². The quantitative estimate of drug-likeness (QED) is 0.595. The largest absolute Gasteiger partial charge is 0.0842 e. The molecule has 0 aliphatic heterocycles. The highest BCUT2D eigenvalue weighted by atomic mass is 79.9. The molecule has 0 aliphatic carbocycles. The summed E-state index contributed by atoms with van der Waals surface area (Å²) in [5.74, 6) is 0. The molecule has 1 rings (SSSR count). The fourth-order valence-electron chi connectivity index (χ4n) is 0.595. The minimum Gasteiger partial charge on any atom is -0.0842 e. The minimum atomic E-state index is 0.219. The smallest absolute Gasteiger partial charge is 0.0623 e. The van der Waals surface area contributed by atoms with Crippen LogP contribution in [0.1, 0.15) is 20.1 Å². The van der Waals surface area contributed by atoms with E-state index in [-0.39, 0.29) is 4.83 Å². The van der Waals surface area contributed by atoms with Crippen LogP contribution in [-0.2, 0) is 0 Å². The molecule has 0 aliphatic rings. The van der Waals surface area contributed by atoms with Crippen molar-refractivity contribution in [1.82, 2.24) is 0 Å². The molecule has 0 bridgehead atoms. The first-order valence-corrected chi connectivity index (χ1v) is 3.73. The molecule has 0 spiro atoms. The highest BCUT2D eigenvalue weighted by Crippen LogP contribution is 2.19. The van der Waals surface area contributed by atoms with E-state index >= 15 is 0 Å². The summed E-state index contributed by atoms with van der Waals surface area (Å²) >= 11 is 3.38. The van der Waals surface area contributed by atoms with Gasteiger partial charge in [0.2, 0.25) is 0 Å². The Morgan fingerprint density at radius 3 is 2.56 bits per heavy atom. The van der Waals surface area contributed by atoms with Gasteiger partial charge in [-0.05, 0) is 12.5 Å². The van der Waals surface area contributed by atoms with Crippen molar-refractivity contribution in [3.05, 3.63) is 35.8 Å². The van der Waals surface area contributed by atoms with Crippen molar-refractivity contribution in [2.75, 3.05) is 0 Å². The molecule has 0 nitrogen and oxygen atoms in total. The molecule has 0 radical (unpaired) electrons. The SMILES string of the molecule is [3H]c1cc([3H])cc(C(C)Br)c1. The van der Waals surface area contributed by atoms with Crippen LogP contribution in [0.2, 0.25) is 0 Å². The zero-order valence-electron chi connectivity index (χ0n) is 7.19. The lowest BCUT2D eigenvalue weighted by atomic mass is 10.2. The maximum Gasteiger partial charge on any atom is 0.0623 e. The van der Waals surface area contributed by atoms with Crippen LogP contribution in [0.25, 0.3) is 0 Å². The molecule has 0 saturated heterocycles. The van der Waals surface area contributed by atoms with Crippen molar-refractivity contribution >= 4 is 15.9 Å². The molecule has 0 aromatic heterocycles. The molecule has 0 N–H and O–H groups in total.